The van der Waals surface area contributed by atoms with Crippen LogP contribution in [0.3, 0.4) is 0 Å². The fraction of sp³-hybridized carbons (Fsp3) is 0.500. The number of nitrogens with one attached hydrogen (secondary N) is 1. The van der Waals surface area contributed by atoms with Crippen LogP contribution in [0.4, 0.5) is 5.82 Å². The van der Waals surface area contributed by atoms with Gasteiger partial charge in [0.05, 0.1) is 17.2 Å². The van der Waals surface area contributed by atoms with Gasteiger partial charge in [-0.05, 0) is 12.5 Å². The molecule has 0 aromatic carbocycles. The largest absolute Gasteiger partial charge is 0.395 e. The first-order valence-electron chi connectivity index (χ1n) is 5.87. The second kappa shape index (κ2) is 7.18. The van der Waals surface area contributed by atoms with Gasteiger partial charge in [0.15, 0.2) is 0 Å². The molecule has 0 saturated heterocycles. The summed E-state index contributed by atoms with van der Waals surface area (Å²) in [5.74, 6) is 0.401. The zero-order valence-electron chi connectivity index (χ0n) is 10.6. The molecular formula is C12H18ClN3O2. The zero-order valence-corrected chi connectivity index (χ0v) is 11.4. The van der Waals surface area contributed by atoms with Crippen LogP contribution in [0.2, 0.25) is 5.02 Å². The Morgan fingerprint density at radius 3 is 2.83 bits per heavy atom. The molecule has 2 N–H and O–H groups in total. The number of halogens is 1. The topological polar surface area (TPSA) is 65.5 Å². The summed E-state index contributed by atoms with van der Waals surface area (Å²) < 4.78 is 0. The molecule has 5 nitrogen and oxygen atoms in total. The van der Waals surface area contributed by atoms with Crippen LogP contribution in [0.5, 0.6) is 0 Å². The van der Waals surface area contributed by atoms with E-state index >= 15 is 0 Å². The lowest BCUT2D eigenvalue weighted by molar-refractivity contribution is 0.0722. The molecule has 0 aliphatic rings. The first-order valence-corrected chi connectivity index (χ1v) is 6.25. The first kappa shape index (κ1) is 14.7. The minimum atomic E-state index is -0.185. The molecular weight excluding hydrogens is 254 g/mol. The van der Waals surface area contributed by atoms with Crippen molar-refractivity contribution in [1.29, 1.82) is 0 Å². The molecule has 0 bridgehead atoms. The molecule has 100 valence electrons. The van der Waals surface area contributed by atoms with Gasteiger partial charge in [-0.2, -0.15) is 0 Å². The highest BCUT2D eigenvalue weighted by Crippen LogP contribution is 2.19. The van der Waals surface area contributed by atoms with Gasteiger partial charge in [-0.3, -0.25) is 4.79 Å². The third-order valence-electron chi connectivity index (χ3n) is 2.49. The molecule has 0 aliphatic carbocycles. The van der Waals surface area contributed by atoms with Crippen LogP contribution in [0.1, 0.15) is 23.7 Å². The Labute approximate surface area is 112 Å². The monoisotopic (exact) mass is 271 g/mol. The van der Waals surface area contributed by atoms with E-state index in [1.54, 1.807) is 18.0 Å². The van der Waals surface area contributed by atoms with E-state index in [2.05, 4.69) is 10.3 Å². The van der Waals surface area contributed by atoms with Crippen LogP contribution >= 0.6 is 11.6 Å². The van der Waals surface area contributed by atoms with Gasteiger partial charge in [0.1, 0.15) is 5.82 Å². The zero-order chi connectivity index (χ0) is 13.5. The Morgan fingerprint density at radius 1 is 1.56 bits per heavy atom. The highest BCUT2D eigenvalue weighted by Gasteiger charge is 2.18. The van der Waals surface area contributed by atoms with E-state index in [9.17, 15) is 4.79 Å². The second-order valence-electron chi connectivity index (χ2n) is 3.82. The van der Waals surface area contributed by atoms with Gasteiger partial charge < -0.3 is 15.3 Å². The Kier molecular flexibility index (Phi) is 5.88. The highest BCUT2D eigenvalue weighted by atomic mass is 35.5. The van der Waals surface area contributed by atoms with Gasteiger partial charge in [-0.1, -0.05) is 18.5 Å². The molecule has 0 spiro atoms. The minimum Gasteiger partial charge on any atom is -0.395 e. The highest BCUT2D eigenvalue weighted by molar-refractivity contribution is 6.33. The molecule has 1 amide bonds. The molecule has 0 radical (unpaired) electrons. The number of amides is 1. The molecule has 0 atom stereocenters. The fourth-order valence-corrected chi connectivity index (χ4v) is 1.80. The maximum atomic E-state index is 12.3. The molecule has 0 saturated carbocycles. The average Bonchev–Trinajstić information content (AvgIpc) is 2.38. The maximum absolute atomic E-state index is 12.3. The van der Waals surface area contributed by atoms with Gasteiger partial charge >= 0.3 is 0 Å². The lowest BCUT2D eigenvalue weighted by Crippen LogP contribution is -2.34. The molecule has 1 heterocycles. The molecule has 0 fully saturated rings. The average molecular weight is 272 g/mol. The second-order valence-corrected chi connectivity index (χ2v) is 4.22. The van der Waals surface area contributed by atoms with Crippen molar-refractivity contribution in [1.82, 2.24) is 9.88 Å². The van der Waals surface area contributed by atoms with E-state index in [4.69, 9.17) is 16.7 Å². The maximum Gasteiger partial charge on any atom is 0.255 e. The number of aliphatic hydroxyl groups excluding tert-OH is 1. The normalized spacial score (nSPS) is 10.2. The first-order chi connectivity index (χ1) is 8.63. The number of rotatable bonds is 6. The van der Waals surface area contributed by atoms with E-state index < -0.39 is 0 Å². The summed E-state index contributed by atoms with van der Waals surface area (Å²) >= 11 is 5.99. The number of nitrogens with zero attached hydrogens (tertiary/aromatic N) is 2. The number of carbonyl (C=O) groups excluding carboxylic acids is 1. The number of carbonyl (C=O) groups is 1. The van der Waals surface area contributed by atoms with Gasteiger partial charge in [0.2, 0.25) is 0 Å². The number of aliphatic hydroxyl groups is 1. The number of anilines is 1. The lowest BCUT2D eigenvalue weighted by Gasteiger charge is -2.21. The number of pyridine rings is 1. The molecule has 1 aromatic rings. The van der Waals surface area contributed by atoms with Crippen LogP contribution in [-0.4, -0.2) is 47.6 Å². The minimum absolute atomic E-state index is 0.0622. The van der Waals surface area contributed by atoms with Gasteiger partial charge in [-0.25, -0.2) is 4.98 Å². The third kappa shape index (κ3) is 3.58. The smallest absolute Gasteiger partial charge is 0.255 e. The van der Waals surface area contributed by atoms with E-state index in [1.165, 1.54) is 6.20 Å². The Balaban J connectivity index is 2.99. The van der Waals surface area contributed by atoms with Crippen molar-refractivity contribution in [2.24, 2.45) is 0 Å². The van der Waals surface area contributed by atoms with Crippen molar-refractivity contribution in [2.45, 2.75) is 13.3 Å². The van der Waals surface area contributed by atoms with Crippen molar-refractivity contribution in [2.75, 3.05) is 32.1 Å². The van der Waals surface area contributed by atoms with Crippen LogP contribution in [0, 0.1) is 0 Å². The quantitative estimate of drug-likeness (QED) is 0.825. The summed E-state index contributed by atoms with van der Waals surface area (Å²) in [4.78, 5) is 17.9. The van der Waals surface area contributed by atoms with Crippen LogP contribution in [-0.2, 0) is 0 Å². The third-order valence-corrected chi connectivity index (χ3v) is 2.79. The van der Waals surface area contributed by atoms with Crippen molar-refractivity contribution >= 4 is 23.3 Å². The Morgan fingerprint density at radius 2 is 2.28 bits per heavy atom. The number of aromatic nitrogens is 1. The van der Waals surface area contributed by atoms with Crippen molar-refractivity contribution in [3.8, 4) is 0 Å². The molecule has 0 unspecified atom stereocenters. The van der Waals surface area contributed by atoms with Crippen molar-refractivity contribution in [3.05, 3.63) is 22.8 Å². The van der Waals surface area contributed by atoms with E-state index in [0.717, 1.165) is 6.42 Å². The van der Waals surface area contributed by atoms with E-state index in [-0.39, 0.29) is 12.5 Å². The summed E-state index contributed by atoms with van der Waals surface area (Å²) in [5, 5.41) is 12.2. The fourth-order valence-electron chi connectivity index (χ4n) is 1.62. The number of hydrogen-bond donors (Lipinski definition) is 2. The summed E-state index contributed by atoms with van der Waals surface area (Å²) in [5.41, 5.74) is 0.401. The predicted molar refractivity (Wildman–Crippen MR) is 72.1 cm³/mol. The standard InChI is InChI=1S/C12H18ClN3O2/c1-3-4-16(5-6-17)12(18)9-7-11(14-2)15-8-10(9)13/h7-8,17H,3-6H2,1-2H3,(H,14,15). The SMILES string of the molecule is CCCN(CCO)C(=O)c1cc(NC)ncc1Cl. The summed E-state index contributed by atoms with van der Waals surface area (Å²) in [7, 11) is 1.72. The van der Waals surface area contributed by atoms with E-state index in [1.807, 2.05) is 6.92 Å². The molecule has 1 aromatic heterocycles. The number of hydrogen-bond acceptors (Lipinski definition) is 4. The van der Waals surface area contributed by atoms with Gasteiger partial charge in [0.25, 0.3) is 5.91 Å². The summed E-state index contributed by atoms with van der Waals surface area (Å²) in [6.07, 6.45) is 2.27. The molecule has 0 aliphatic heterocycles. The van der Waals surface area contributed by atoms with Gasteiger partial charge in [0, 0.05) is 26.3 Å². The summed E-state index contributed by atoms with van der Waals surface area (Å²) in [6.45, 7) is 2.81. The van der Waals surface area contributed by atoms with Crippen LogP contribution in [0.25, 0.3) is 0 Å². The molecule has 6 heteroatoms. The van der Waals surface area contributed by atoms with Crippen molar-refractivity contribution < 1.29 is 9.90 Å². The van der Waals surface area contributed by atoms with Crippen molar-refractivity contribution in [3.63, 3.8) is 0 Å². The summed E-state index contributed by atoms with van der Waals surface area (Å²) in [6, 6.07) is 1.62. The van der Waals surface area contributed by atoms with Gasteiger partial charge in [-0.15, -0.1) is 0 Å². The van der Waals surface area contributed by atoms with Crippen LogP contribution in [0.15, 0.2) is 12.3 Å². The van der Waals surface area contributed by atoms with E-state index in [0.29, 0.717) is 29.5 Å². The molecule has 18 heavy (non-hydrogen) atoms. The van der Waals surface area contributed by atoms with Crippen LogP contribution < -0.4 is 5.32 Å². The Bertz CT molecular complexity index is 406. The predicted octanol–water partition coefficient (Wildman–Crippen LogP) is 1.62. The molecule has 1 rings (SSSR count). The Hall–Kier alpha value is -1.33. The lowest BCUT2D eigenvalue weighted by atomic mass is 10.2.